The number of hydrogen-bond donors (Lipinski definition) is 0. The van der Waals surface area contributed by atoms with Crippen LogP contribution in [0, 0.1) is 0 Å². The van der Waals surface area contributed by atoms with Crippen LogP contribution < -0.4 is 4.90 Å². The van der Waals surface area contributed by atoms with E-state index in [0.717, 1.165) is 11.3 Å². The fourth-order valence-corrected chi connectivity index (χ4v) is 5.87. The van der Waals surface area contributed by atoms with Gasteiger partial charge in [-0.25, -0.2) is 8.42 Å². The molecule has 1 amide bonds. The molecule has 4 rings (SSSR count). The van der Waals surface area contributed by atoms with Crippen LogP contribution in [0.2, 0.25) is 0 Å². The van der Waals surface area contributed by atoms with Gasteiger partial charge in [-0.3, -0.25) is 14.7 Å². The second-order valence-electron chi connectivity index (χ2n) is 8.58. The van der Waals surface area contributed by atoms with E-state index in [4.69, 9.17) is 0 Å². The maximum Gasteiger partial charge on any atom is 0.243 e. The maximum atomic E-state index is 13.3. The van der Waals surface area contributed by atoms with Gasteiger partial charge in [-0.2, -0.15) is 4.31 Å². The first-order valence-electron chi connectivity index (χ1n) is 10.2. The lowest BCUT2D eigenvalue weighted by Gasteiger charge is -2.46. The molecule has 0 radical (unpaired) electrons. The van der Waals surface area contributed by atoms with Crippen LogP contribution in [0.5, 0.6) is 0 Å². The largest absolute Gasteiger partial charge is 0.308 e. The fourth-order valence-electron chi connectivity index (χ4n) is 4.35. The van der Waals surface area contributed by atoms with Crippen molar-refractivity contribution in [2.24, 2.45) is 0 Å². The molecule has 2 aromatic rings. The smallest absolute Gasteiger partial charge is 0.243 e. The average molecular weight is 429 g/mol. The number of hydrogen-bond acceptors (Lipinski definition) is 5. The Morgan fingerprint density at radius 2 is 1.83 bits per heavy atom. The Bertz CT molecular complexity index is 1020. The second-order valence-corrected chi connectivity index (χ2v) is 10.5. The number of aromatic nitrogens is 1. The fraction of sp³-hybridized carbons (Fsp3) is 0.455. The zero-order valence-electron chi connectivity index (χ0n) is 17.7. The van der Waals surface area contributed by atoms with Crippen LogP contribution in [0.15, 0.2) is 53.7 Å². The van der Waals surface area contributed by atoms with Gasteiger partial charge in [0.2, 0.25) is 15.9 Å². The summed E-state index contributed by atoms with van der Waals surface area (Å²) in [5.74, 6) is 0.352. The summed E-state index contributed by atoms with van der Waals surface area (Å²) in [4.78, 5) is 20.9. The van der Waals surface area contributed by atoms with Crippen LogP contribution in [0.25, 0.3) is 0 Å². The molecule has 0 saturated carbocycles. The first-order valence-corrected chi connectivity index (χ1v) is 11.7. The van der Waals surface area contributed by atoms with Crippen LogP contribution in [-0.4, -0.2) is 67.3 Å². The number of likely N-dealkylation sites (N-methyl/N-ethyl adjacent to an activating group) is 1. The van der Waals surface area contributed by atoms with E-state index < -0.39 is 15.6 Å². The lowest BCUT2D eigenvalue weighted by Crippen LogP contribution is -2.64. The first kappa shape index (κ1) is 21.0. The number of amides is 1. The SMILES string of the molecule is CC(C)c1ccc(S(=O)(=O)N2CC[C@]3(CN(c4cccnc4)C(=O)CN3C)C2)cc1. The number of sulfonamides is 1. The van der Waals surface area contributed by atoms with Gasteiger partial charge < -0.3 is 4.90 Å². The van der Waals surface area contributed by atoms with Crippen LogP contribution >= 0.6 is 0 Å². The number of anilines is 1. The molecule has 0 bridgehead atoms. The quantitative estimate of drug-likeness (QED) is 0.747. The summed E-state index contributed by atoms with van der Waals surface area (Å²) >= 11 is 0. The molecule has 30 heavy (non-hydrogen) atoms. The van der Waals surface area contributed by atoms with Crippen molar-refractivity contribution in [3.63, 3.8) is 0 Å². The molecule has 2 aliphatic heterocycles. The zero-order chi connectivity index (χ0) is 21.5. The third-order valence-corrected chi connectivity index (χ3v) is 8.23. The molecule has 160 valence electrons. The molecule has 7 nitrogen and oxygen atoms in total. The minimum atomic E-state index is -3.58. The van der Waals surface area contributed by atoms with Crippen LogP contribution in [-0.2, 0) is 14.8 Å². The Balaban J connectivity index is 1.58. The summed E-state index contributed by atoms with van der Waals surface area (Å²) in [5.41, 5.74) is 1.46. The number of carbonyl (C=O) groups is 1. The molecule has 1 aromatic heterocycles. The topological polar surface area (TPSA) is 73.8 Å². The van der Waals surface area contributed by atoms with E-state index in [2.05, 4.69) is 18.8 Å². The molecular weight excluding hydrogens is 400 g/mol. The summed E-state index contributed by atoms with van der Waals surface area (Å²) in [6, 6.07) is 10.8. The standard InChI is InChI=1S/C22H28N4O3S/c1-17(2)18-6-8-20(9-7-18)30(28,29)25-12-10-22(15-25)16-26(21(27)14-24(22)3)19-5-4-11-23-13-19/h4-9,11,13,17H,10,12,14-16H2,1-3H3/t22-/m1/s1. The molecule has 3 heterocycles. The van der Waals surface area contributed by atoms with E-state index in [-0.39, 0.29) is 12.5 Å². The van der Waals surface area contributed by atoms with E-state index in [1.54, 1.807) is 39.8 Å². The molecule has 0 N–H and O–H groups in total. The lowest BCUT2D eigenvalue weighted by molar-refractivity contribution is -0.123. The normalized spacial score (nSPS) is 23.6. The van der Waals surface area contributed by atoms with Gasteiger partial charge in [0.15, 0.2) is 0 Å². The van der Waals surface area contributed by atoms with Crippen LogP contribution in [0.4, 0.5) is 5.69 Å². The highest BCUT2D eigenvalue weighted by Crippen LogP contribution is 2.35. The van der Waals surface area contributed by atoms with Crippen molar-refractivity contribution >= 4 is 21.6 Å². The maximum absolute atomic E-state index is 13.3. The summed E-state index contributed by atoms with van der Waals surface area (Å²) in [5, 5.41) is 0. The van der Waals surface area contributed by atoms with Gasteiger partial charge >= 0.3 is 0 Å². The van der Waals surface area contributed by atoms with Gasteiger partial charge in [0, 0.05) is 25.8 Å². The molecule has 8 heteroatoms. The second kappa shape index (κ2) is 7.76. The minimum Gasteiger partial charge on any atom is -0.308 e. The third-order valence-electron chi connectivity index (χ3n) is 6.38. The van der Waals surface area contributed by atoms with E-state index in [1.807, 2.05) is 30.1 Å². The Labute approximate surface area is 178 Å². The van der Waals surface area contributed by atoms with Crippen molar-refractivity contribution in [2.45, 2.75) is 36.6 Å². The summed E-state index contributed by atoms with van der Waals surface area (Å²) in [6.07, 6.45) is 4.03. The predicted octanol–water partition coefficient (Wildman–Crippen LogP) is 2.32. The van der Waals surface area contributed by atoms with E-state index in [9.17, 15) is 13.2 Å². The highest BCUT2D eigenvalue weighted by atomic mass is 32.2. The van der Waals surface area contributed by atoms with E-state index in [1.165, 1.54) is 0 Å². The van der Waals surface area contributed by atoms with Gasteiger partial charge in [-0.05, 0) is 49.2 Å². The highest BCUT2D eigenvalue weighted by molar-refractivity contribution is 7.89. The molecular formula is C22H28N4O3S. The van der Waals surface area contributed by atoms with Gasteiger partial charge in [0.25, 0.3) is 0 Å². The van der Waals surface area contributed by atoms with Crippen molar-refractivity contribution in [1.29, 1.82) is 0 Å². The molecule has 1 spiro atoms. The van der Waals surface area contributed by atoms with Gasteiger partial charge in [-0.1, -0.05) is 26.0 Å². The van der Waals surface area contributed by atoms with Crippen molar-refractivity contribution in [3.8, 4) is 0 Å². The molecule has 0 unspecified atom stereocenters. The molecule has 0 aliphatic carbocycles. The number of piperazine rings is 1. The summed E-state index contributed by atoms with van der Waals surface area (Å²) in [6.45, 7) is 5.68. The van der Waals surface area contributed by atoms with E-state index in [0.29, 0.717) is 36.9 Å². The number of rotatable bonds is 4. The molecule has 2 aliphatic rings. The van der Waals surface area contributed by atoms with Crippen LogP contribution in [0.1, 0.15) is 31.7 Å². The van der Waals surface area contributed by atoms with Crippen molar-refractivity contribution < 1.29 is 13.2 Å². The van der Waals surface area contributed by atoms with Crippen molar-refractivity contribution in [2.75, 3.05) is 38.1 Å². The zero-order valence-corrected chi connectivity index (χ0v) is 18.5. The first-order chi connectivity index (χ1) is 14.2. The van der Waals surface area contributed by atoms with E-state index >= 15 is 0 Å². The number of pyridine rings is 1. The number of nitrogens with zero attached hydrogens (tertiary/aromatic N) is 4. The number of benzene rings is 1. The Morgan fingerprint density at radius 1 is 1.10 bits per heavy atom. The number of carbonyl (C=O) groups excluding carboxylic acids is 1. The van der Waals surface area contributed by atoms with Gasteiger partial charge in [0.1, 0.15) is 0 Å². The third kappa shape index (κ3) is 3.64. The summed E-state index contributed by atoms with van der Waals surface area (Å²) < 4.78 is 28.1. The Hall–Kier alpha value is -2.29. The monoisotopic (exact) mass is 428 g/mol. The predicted molar refractivity (Wildman–Crippen MR) is 116 cm³/mol. The molecule has 2 saturated heterocycles. The Kier molecular flexibility index (Phi) is 5.42. The molecule has 2 fully saturated rings. The average Bonchev–Trinajstić information content (AvgIpc) is 3.18. The minimum absolute atomic E-state index is 0.00158. The van der Waals surface area contributed by atoms with Gasteiger partial charge in [0.05, 0.1) is 28.9 Å². The molecule has 1 atom stereocenters. The Morgan fingerprint density at radius 3 is 2.47 bits per heavy atom. The van der Waals surface area contributed by atoms with Crippen molar-refractivity contribution in [1.82, 2.24) is 14.2 Å². The lowest BCUT2D eigenvalue weighted by atomic mass is 9.93. The van der Waals surface area contributed by atoms with Gasteiger partial charge in [-0.15, -0.1) is 0 Å². The molecule has 1 aromatic carbocycles. The van der Waals surface area contributed by atoms with Crippen molar-refractivity contribution in [3.05, 3.63) is 54.4 Å². The highest BCUT2D eigenvalue weighted by Gasteiger charge is 2.50. The van der Waals surface area contributed by atoms with Crippen LogP contribution in [0.3, 0.4) is 0 Å². The summed E-state index contributed by atoms with van der Waals surface area (Å²) in [7, 11) is -1.68.